The first-order valence-electron chi connectivity index (χ1n) is 6.30. The quantitative estimate of drug-likeness (QED) is 0.804. The number of carbonyl (C=O) groups is 1. The molecule has 1 aromatic carbocycles. The van der Waals surface area contributed by atoms with Gasteiger partial charge in [-0.05, 0) is 25.5 Å². The van der Waals surface area contributed by atoms with Crippen LogP contribution >= 0.6 is 0 Å². The Morgan fingerprint density at radius 2 is 2.28 bits per heavy atom. The zero-order valence-electron chi connectivity index (χ0n) is 10.6. The Balaban J connectivity index is 1.95. The molecular formula is C14H19NO3. The number of benzene rings is 1. The number of esters is 1. The van der Waals surface area contributed by atoms with Gasteiger partial charge in [0, 0.05) is 11.6 Å². The van der Waals surface area contributed by atoms with Crippen LogP contribution in [-0.2, 0) is 16.0 Å². The third-order valence-electron chi connectivity index (χ3n) is 3.14. The number of para-hydroxylation sites is 1. The van der Waals surface area contributed by atoms with Crippen LogP contribution in [0.5, 0.6) is 5.75 Å². The summed E-state index contributed by atoms with van der Waals surface area (Å²) in [4.78, 5) is 11.3. The van der Waals surface area contributed by atoms with Gasteiger partial charge in [0.15, 0.2) is 0 Å². The molecule has 1 N–H and O–H groups in total. The Hall–Kier alpha value is -1.55. The summed E-state index contributed by atoms with van der Waals surface area (Å²) in [5.41, 5.74) is 0.877. The van der Waals surface area contributed by atoms with Gasteiger partial charge >= 0.3 is 5.97 Å². The molecule has 1 aromatic rings. The first-order chi connectivity index (χ1) is 8.79. The van der Waals surface area contributed by atoms with E-state index in [1.54, 1.807) is 0 Å². The van der Waals surface area contributed by atoms with Gasteiger partial charge in [-0.25, -0.2) is 0 Å². The number of methoxy groups -OCH3 is 1. The van der Waals surface area contributed by atoms with Gasteiger partial charge in [0.2, 0.25) is 0 Å². The molecule has 18 heavy (non-hydrogen) atoms. The number of rotatable bonds is 5. The summed E-state index contributed by atoms with van der Waals surface area (Å²) in [7, 11) is 1.40. The van der Waals surface area contributed by atoms with Gasteiger partial charge in [0.05, 0.1) is 13.5 Å². The molecule has 1 unspecified atom stereocenters. The molecule has 4 nitrogen and oxygen atoms in total. The molecular weight excluding hydrogens is 230 g/mol. The van der Waals surface area contributed by atoms with E-state index in [1.165, 1.54) is 13.5 Å². The van der Waals surface area contributed by atoms with Crippen LogP contribution in [0, 0.1) is 0 Å². The topological polar surface area (TPSA) is 47.6 Å². The van der Waals surface area contributed by atoms with E-state index in [0.717, 1.165) is 24.3 Å². The van der Waals surface area contributed by atoms with E-state index in [-0.39, 0.29) is 12.4 Å². The minimum Gasteiger partial charge on any atom is -0.492 e. The summed E-state index contributed by atoms with van der Waals surface area (Å²) in [6.45, 7) is 1.72. The van der Waals surface area contributed by atoms with Crippen LogP contribution in [0.25, 0.3) is 0 Å². The molecule has 0 saturated carbocycles. The van der Waals surface area contributed by atoms with E-state index in [0.29, 0.717) is 12.6 Å². The molecule has 1 atom stereocenters. The summed E-state index contributed by atoms with van der Waals surface area (Å²) in [5.74, 6) is 0.529. The van der Waals surface area contributed by atoms with Crippen LogP contribution < -0.4 is 10.1 Å². The standard InChI is InChI=1S/C14H19NO3/c1-17-14(16)9-11-5-2-3-7-13(11)18-10-12-6-4-8-15-12/h2-3,5,7,12,15H,4,6,8-10H2,1H3. The Labute approximate surface area is 107 Å². The first kappa shape index (κ1) is 12.9. The molecule has 1 aliphatic rings. The third-order valence-corrected chi connectivity index (χ3v) is 3.14. The molecule has 1 heterocycles. The van der Waals surface area contributed by atoms with Gasteiger partial charge in [0.25, 0.3) is 0 Å². The molecule has 0 aliphatic carbocycles. The monoisotopic (exact) mass is 249 g/mol. The predicted molar refractivity (Wildman–Crippen MR) is 68.7 cm³/mol. The van der Waals surface area contributed by atoms with Gasteiger partial charge in [-0.1, -0.05) is 18.2 Å². The van der Waals surface area contributed by atoms with Gasteiger partial charge in [0.1, 0.15) is 12.4 Å². The maximum absolute atomic E-state index is 11.3. The minimum absolute atomic E-state index is 0.245. The SMILES string of the molecule is COC(=O)Cc1ccccc1OCC1CCCN1. The fourth-order valence-electron chi connectivity index (χ4n) is 2.11. The molecule has 0 spiro atoms. The van der Waals surface area contributed by atoms with E-state index in [4.69, 9.17) is 4.74 Å². The van der Waals surface area contributed by atoms with Crippen molar-refractivity contribution in [2.75, 3.05) is 20.3 Å². The van der Waals surface area contributed by atoms with Gasteiger partial charge < -0.3 is 14.8 Å². The largest absolute Gasteiger partial charge is 0.492 e. The van der Waals surface area contributed by atoms with Crippen LogP contribution in [-0.4, -0.2) is 32.3 Å². The molecule has 0 aromatic heterocycles. The number of hydrogen-bond donors (Lipinski definition) is 1. The predicted octanol–water partition coefficient (Wildman–Crippen LogP) is 1.53. The number of hydrogen-bond acceptors (Lipinski definition) is 4. The normalized spacial score (nSPS) is 18.6. The van der Waals surface area contributed by atoms with Crippen molar-refractivity contribution in [3.63, 3.8) is 0 Å². The summed E-state index contributed by atoms with van der Waals surface area (Å²) in [6.07, 6.45) is 2.61. The average Bonchev–Trinajstić information content (AvgIpc) is 2.91. The van der Waals surface area contributed by atoms with Crippen LogP contribution in [0.1, 0.15) is 18.4 Å². The van der Waals surface area contributed by atoms with E-state index in [1.807, 2.05) is 24.3 Å². The van der Waals surface area contributed by atoms with Crippen molar-refractivity contribution in [2.24, 2.45) is 0 Å². The highest BCUT2D eigenvalue weighted by Crippen LogP contribution is 2.19. The Bertz CT molecular complexity index is 400. The molecule has 1 aliphatic heterocycles. The fourth-order valence-corrected chi connectivity index (χ4v) is 2.11. The first-order valence-corrected chi connectivity index (χ1v) is 6.30. The smallest absolute Gasteiger partial charge is 0.310 e. The fraction of sp³-hybridized carbons (Fsp3) is 0.500. The third kappa shape index (κ3) is 3.47. The molecule has 4 heteroatoms. The molecule has 0 amide bonds. The second-order valence-electron chi connectivity index (χ2n) is 4.46. The maximum atomic E-state index is 11.3. The molecule has 98 valence electrons. The van der Waals surface area contributed by atoms with Gasteiger partial charge in [-0.2, -0.15) is 0 Å². The van der Waals surface area contributed by atoms with Gasteiger partial charge in [-0.3, -0.25) is 4.79 Å². The zero-order valence-corrected chi connectivity index (χ0v) is 10.6. The average molecular weight is 249 g/mol. The highest BCUT2D eigenvalue weighted by molar-refractivity contribution is 5.73. The molecule has 2 rings (SSSR count). The van der Waals surface area contributed by atoms with Crippen molar-refractivity contribution in [1.82, 2.24) is 5.32 Å². The minimum atomic E-state index is -0.245. The van der Waals surface area contributed by atoms with E-state index in [9.17, 15) is 4.79 Å². The lowest BCUT2D eigenvalue weighted by Crippen LogP contribution is -2.28. The summed E-state index contributed by atoms with van der Waals surface area (Å²) < 4.78 is 10.5. The summed E-state index contributed by atoms with van der Waals surface area (Å²) >= 11 is 0. The van der Waals surface area contributed by atoms with E-state index in [2.05, 4.69) is 10.1 Å². The summed E-state index contributed by atoms with van der Waals surface area (Å²) in [6, 6.07) is 8.04. The lowest BCUT2D eigenvalue weighted by atomic mass is 10.1. The highest BCUT2D eigenvalue weighted by atomic mass is 16.5. The Morgan fingerprint density at radius 1 is 1.44 bits per heavy atom. The maximum Gasteiger partial charge on any atom is 0.310 e. The second kappa shape index (κ2) is 6.40. The van der Waals surface area contributed by atoms with Crippen LogP contribution in [0.15, 0.2) is 24.3 Å². The molecule has 1 saturated heterocycles. The van der Waals surface area contributed by atoms with Crippen LogP contribution in [0.4, 0.5) is 0 Å². The summed E-state index contributed by atoms with van der Waals surface area (Å²) in [5, 5.41) is 3.38. The number of carbonyl (C=O) groups excluding carboxylic acids is 1. The van der Waals surface area contributed by atoms with Crippen molar-refractivity contribution < 1.29 is 14.3 Å². The van der Waals surface area contributed by atoms with Crippen molar-refractivity contribution in [3.8, 4) is 5.75 Å². The number of nitrogens with one attached hydrogen (secondary N) is 1. The van der Waals surface area contributed by atoms with Crippen molar-refractivity contribution in [3.05, 3.63) is 29.8 Å². The molecule has 1 fully saturated rings. The molecule has 0 radical (unpaired) electrons. The van der Waals surface area contributed by atoms with Crippen molar-refractivity contribution in [1.29, 1.82) is 0 Å². The lowest BCUT2D eigenvalue weighted by Gasteiger charge is -2.14. The van der Waals surface area contributed by atoms with Gasteiger partial charge in [-0.15, -0.1) is 0 Å². The zero-order chi connectivity index (χ0) is 12.8. The van der Waals surface area contributed by atoms with Crippen LogP contribution in [0.2, 0.25) is 0 Å². The van der Waals surface area contributed by atoms with Crippen LogP contribution in [0.3, 0.4) is 0 Å². The Morgan fingerprint density at radius 3 is 3.00 bits per heavy atom. The van der Waals surface area contributed by atoms with E-state index < -0.39 is 0 Å². The van der Waals surface area contributed by atoms with Crippen molar-refractivity contribution >= 4 is 5.97 Å². The highest BCUT2D eigenvalue weighted by Gasteiger charge is 2.15. The second-order valence-corrected chi connectivity index (χ2v) is 4.46. The number of ether oxygens (including phenoxy) is 2. The lowest BCUT2D eigenvalue weighted by molar-refractivity contribution is -0.139. The molecule has 0 bridgehead atoms. The van der Waals surface area contributed by atoms with Crippen molar-refractivity contribution in [2.45, 2.75) is 25.3 Å². The van der Waals surface area contributed by atoms with E-state index >= 15 is 0 Å². The Kier molecular flexibility index (Phi) is 4.59.